The summed E-state index contributed by atoms with van der Waals surface area (Å²) in [5.41, 5.74) is 2.02. The molecule has 0 bridgehead atoms. The number of aromatic nitrogens is 1. The van der Waals surface area contributed by atoms with E-state index in [2.05, 4.69) is 4.98 Å². The van der Waals surface area contributed by atoms with Crippen LogP contribution < -0.4 is 9.47 Å². The molecule has 30 heavy (non-hydrogen) atoms. The van der Waals surface area contributed by atoms with E-state index in [1.807, 2.05) is 18.2 Å². The number of H-pyrrole nitrogens is 1. The van der Waals surface area contributed by atoms with Gasteiger partial charge in [0.1, 0.15) is 18.9 Å². The molecule has 0 spiro atoms. The Morgan fingerprint density at radius 2 is 1.73 bits per heavy atom. The van der Waals surface area contributed by atoms with E-state index in [4.69, 9.17) is 21.1 Å². The van der Waals surface area contributed by atoms with E-state index in [1.54, 1.807) is 29.2 Å². The molecule has 0 aliphatic carbocycles. The fraction of sp³-hybridized carbons (Fsp3) is 0.304. The molecule has 1 saturated heterocycles. The number of likely N-dealkylation sites (tertiary alicyclic amines) is 1. The summed E-state index contributed by atoms with van der Waals surface area (Å²) in [5, 5.41) is 1.58. The Morgan fingerprint density at radius 1 is 0.967 bits per heavy atom. The zero-order valence-electron chi connectivity index (χ0n) is 16.3. The van der Waals surface area contributed by atoms with Crippen molar-refractivity contribution in [1.82, 2.24) is 9.88 Å². The maximum absolute atomic E-state index is 13.0. The lowest BCUT2D eigenvalue weighted by atomic mass is 9.88. The van der Waals surface area contributed by atoms with Gasteiger partial charge in [0.15, 0.2) is 17.3 Å². The molecular weight excluding hydrogens is 404 g/mol. The number of nitrogens with one attached hydrogen (secondary N) is 1. The summed E-state index contributed by atoms with van der Waals surface area (Å²) in [6.07, 6.45) is 1.29. The molecule has 0 atom stereocenters. The lowest BCUT2D eigenvalue weighted by Crippen LogP contribution is -2.40. The van der Waals surface area contributed by atoms with Gasteiger partial charge < -0.3 is 19.4 Å². The van der Waals surface area contributed by atoms with Crippen LogP contribution in [0, 0.1) is 5.92 Å². The number of nitrogens with zero attached hydrogens (tertiary/aromatic N) is 1. The summed E-state index contributed by atoms with van der Waals surface area (Å²) in [5.74, 6) is 1.25. The zero-order valence-corrected chi connectivity index (χ0v) is 17.1. The number of halogens is 1. The van der Waals surface area contributed by atoms with Crippen molar-refractivity contribution in [2.24, 2.45) is 5.92 Å². The Morgan fingerprint density at radius 3 is 2.53 bits per heavy atom. The van der Waals surface area contributed by atoms with Crippen molar-refractivity contribution in [3.8, 4) is 11.5 Å². The first-order chi connectivity index (χ1) is 14.6. The van der Waals surface area contributed by atoms with E-state index in [9.17, 15) is 9.59 Å². The van der Waals surface area contributed by atoms with Gasteiger partial charge in [0.2, 0.25) is 0 Å². The van der Waals surface area contributed by atoms with Gasteiger partial charge in [-0.1, -0.05) is 17.7 Å². The Labute approximate surface area is 178 Å². The van der Waals surface area contributed by atoms with Gasteiger partial charge in [0.25, 0.3) is 5.91 Å². The van der Waals surface area contributed by atoms with Crippen LogP contribution in [0.3, 0.4) is 0 Å². The minimum absolute atomic E-state index is 0.0486. The lowest BCUT2D eigenvalue weighted by Gasteiger charge is -2.31. The van der Waals surface area contributed by atoms with Crippen LogP contribution >= 0.6 is 11.6 Å². The normalized spacial score (nSPS) is 16.6. The van der Waals surface area contributed by atoms with Gasteiger partial charge in [-0.05, 0) is 49.2 Å². The highest BCUT2D eigenvalue weighted by Gasteiger charge is 2.29. The average molecular weight is 425 g/mol. The number of rotatable bonds is 3. The molecule has 1 N–H and O–H groups in total. The molecule has 0 radical (unpaired) electrons. The number of piperidine rings is 1. The van der Waals surface area contributed by atoms with E-state index in [1.165, 1.54) is 0 Å². The van der Waals surface area contributed by atoms with Gasteiger partial charge in [0, 0.05) is 40.5 Å². The molecule has 0 saturated carbocycles. The van der Waals surface area contributed by atoms with Crippen LogP contribution in [-0.4, -0.2) is 47.9 Å². The third-order valence-corrected chi connectivity index (χ3v) is 6.03. The number of aromatic amines is 1. The van der Waals surface area contributed by atoms with Gasteiger partial charge in [-0.15, -0.1) is 0 Å². The maximum atomic E-state index is 13.0. The molecular formula is C23H21ClN2O4. The van der Waals surface area contributed by atoms with Crippen LogP contribution in [0.25, 0.3) is 10.9 Å². The number of ether oxygens (including phenoxy) is 2. The Kier molecular flexibility index (Phi) is 4.87. The molecule has 2 aliphatic rings. The highest BCUT2D eigenvalue weighted by Crippen LogP contribution is 2.33. The van der Waals surface area contributed by atoms with Crippen molar-refractivity contribution in [2.75, 3.05) is 26.3 Å². The molecule has 5 rings (SSSR count). The van der Waals surface area contributed by atoms with Crippen molar-refractivity contribution in [1.29, 1.82) is 0 Å². The van der Waals surface area contributed by atoms with Crippen LogP contribution in [0.4, 0.5) is 0 Å². The van der Waals surface area contributed by atoms with Gasteiger partial charge in [-0.2, -0.15) is 0 Å². The number of benzene rings is 2. The number of amides is 1. The first kappa shape index (κ1) is 19.0. The first-order valence-electron chi connectivity index (χ1n) is 10.1. The van der Waals surface area contributed by atoms with Crippen LogP contribution in [0.2, 0.25) is 5.02 Å². The highest BCUT2D eigenvalue weighted by atomic mass is 35.5. The summed E-state index contributed by atoms with van der Waals surface area (Å²) in [6.45, 7) is 2.12. The monoisotopic (exact) mass is 424 g/mol. The summed E-state index contributed by atoms with van der Waals surface area (Å²) in [4.78, 5) is 30.8. The molecule has 6 nitrogen and oxygen atoms in total. The number of carbonyl (C=O) groups is 2. The third-order valence-electron chi connectivity index (χ3n) is 5.79. The predicted molar refractivity (Wildman–Crippen MR) is 114 cm³/mol. The second-order valence-corrected chi connectivity index (χ2v) is 8.14. The second kappa shape index (κ2) is 7.69. The van der Waals surface area contributed by atoms with Crippen LogP contribution in [0.5, 0.6) is 11.5 Å². The number of Topliss-reactive ketones (excluding diaryl/α,β-unsaturated/α-hetero) is 1. The Hall–Kier alpha value is -2.99. The lowest BCUT2D eigenvalue weighted by molar-refractivity contribution is 0.0646. The number of hydrogen-bond donors (Lipinski definition) is 1. The molecule has 2 aromatic carbocycles. The van der Waals surface area contributed by atoms with E-state index >= 15 is 0 Å². The minimum atomic E-state index is -0.0990. The largest absolute Gasteiger partial charge is 0.486 e. The molecule has 2 aliphatic heterocycles. The van der Waals surface area contributed by atoms with Gasteiger partial charge >= 0.3 is 0 Å². The fourth-order valence-corrected chi connectivity index (χ4v) is 4.33. The van der Waals surface area contributed by atoms with Crippen molar-refractivity contribution in [3.05, 3.63) is 58.7 Å². The van der Waals surface area contributed by atoms with Crippen molar-refractivity contribution in [2.45, 2.75) is 12.8 Å². The number of fused-ring (bicyclic) bond motifs is 2. The minimum Gasteiger partial charge on any atom is -0.486 e. The molecule has 1 amide bonds. The SMILES string of the molecule is O=C(c1ccc2c(c1)OCCO2)C1CCN(C(=O)c2cc3ccc(Cl)cc3[nH]2)CC1. The van der Waals surface area contributed by atoms with Gasteiger partial charge in [-0.25, -0.2) is 0 Å². The number of ketones is 1. The van der Waals surface area contributed by atoms with E-state index in [0.717, 1.165) is 10.9 Å². The second-order valence-electron chi connectivity index (χ2n) is 7.70. The smallest absolute Gasteiger partial charge is 0.270 e. The van der Waals surface area contributed by atoms with Gasteiger partial charge in [0.05, 0.1) is 0 Å². The van der Waals surface area contributed by atoms with Crippen LogP contribution in [0.1, 0.15) is 33.7 Å². The topological polar surface area (TPSA) is 71.6 Å². The number of hydrogen-bond acceptors (Lipinski definition) is 4. The molecule has 154 valence electrons. The summed E-state index contributed by atoms with van der Waals surface area (Å²) in [7, 11) is 0. The quantitative estimate of drug-likeness (QED) is 0.635. The van der Waals surface area contributed by atoms with Crippen molar-refractivity contribution >= 4 is 34.2 Å². The number of carbonyl (C=O) groups excluding carboxylic acids is 2. The summed E-state index contributed by atoms with van der Waals surface area (Å²) in [6, 6.07) is 12.7. The zero-order chi connectivity index (χ0) is 20.7. The van der Waals surface area contributed by atoms with Crippen LogP contribution in [0.15, 0.2) is 42.5 Å². The standard InChI is InChI=1S/C23H21ClN2O4/c24-17-3-1-15-11-19(25-18(15)13-17)23(28)26-7-5-14(6-8-26)22(27)16-2-4-20-21(12-16)30-10-9-29-20/h1-4,11-14,25H,5-10H2. The fourth-order valence-electron chi connectivity index (χ4n) is 4.16. The average Bonchev–Trinajstić information content (AvgIpc) is 3.21. The van der Waals surface area contributed by atoms with E-state index in [-0.39, 0.29) is 17.6 Å². The van der Waals surface area contributed by atoms with Crippen molar-refractivity contribution < 1.29 is 19.1 Å². The summed E-state index contributed by atoms with van der Waals surface area (Å²) >= 11 is 6.03. The van der Waals surface area contributed by atoms with E-state index in [0.29, 0.717) is 66.9 Å². The van der Waals surface area contributed by atoms with Crippen LogP contribution in [-0.2, 0) is 0 Å². The van der Waals surface area contributed by atoms with E-state index < -0.39 is 0 Å². The van der Waals surface area contributed by atoms with Gasteiger partial charge in [-0.3, -0.25) is 9.59 Å². The molecule has 7 heteroatoms. The summed E-state index contributed by atoms with van der Waals surface area (Å²) < 4.78 is 11.1. The molecule has 0 unspecified atom stereocenters. The molecule has 3 aromatic rings. The molecule has 1 fully saturated rings. The highest BCUT2D eigenvalue weighted by molar-refractivity contribution is 6.31. The molecule has 1 aromatic heterocycles. The predicted octanol–water partition coefficient (Wildman–Crippen LogP) is 4.33. The third kappa shape index (κ3) is 3.52. The Balaban J connectivity index is 1.25. The Bertz CT molecular complexity index is 1130. The maximum Gasteiger partial charge on any atom is 0.270 e. The first-order valence-corrected chi connectivity index (χ1v) is 10.5. The molecule has 3 heterocycles. The van der Waals surface area contributed by atoms with Crippen molar-refractivity contribution in [3.63, 3.8) is 0 Å².